The molecule has 2 N–H and O–H groups in total. The van der Waals surface area contributed by atoms with Crippen molar-refractivity contribution in [3.05, 3.63) is 29.8 Å². The first-order valence-corrected chi connectivity index (χ1v) is 10.6. The molecule has 0 radical (unpaired) electrons. The van der Waals surface area contributed by atoms with Gasteiger partial charge in [0, 0.05) is 38.8 Å². The molecule has 1 heterocycles. The number of nitrogens with one attached hydrogen (secondary N) is 2. The fraction of sp³-hybridized carbons (Fsp3) is 0.682. The normalized spacial score (nSPS) is 17.0. The average Bonchev–Trinajstić information content (AvgIpc) is 2.67. The zero-order valence-corrected chi connectivity index (χ0v) is 21.1. The molecule has 166 valence electrons. The van der Waals surface area contributed by atoms with E-state index in [2.05, 4.69) is 67.3 Å². The van der Waals surface area contributed by atoms with Gasteiger partial charge in [-0.2, -0.15) is 0 Å². The van der Waals surface area contributed by atoms with Crippen LogP contribution in [-0.2, 0) is 0 Å². The Morgan fingerprint density at radius 3 is 2.34 bits per heavy atom. The molecule has 0 spiro atoms. The smallest absolute Gasteiger partial charge is 0.191 e. The predicted octanol–water partition coefficient (Wildman–Crippen LogP) is 2.82. The number of nitrogens with zero attached hydrogens (tertiary/aromatic N) is 3. The van der Waals surface area contributed by atoms with Gasteiger partial charge in [0.2, 0.25) is 0 Å². The number of hydrogen-bond acceptors (Lipinski definition) is 4. The lowest BCUT2D eigenvalue weighted by molar-refractivity contribution is 0.0925. The van der Waals surface area contributed by atoms with Gasteiger partial charge in [-0.1, -0.05) is 31.5 Å². The van der Waals surface area contributed by atoms with Crippen molar-refractivity contribution in [2.75, 3.05) is 59.5 Å². The summed E-state index contributed by atoms with van der Waals surface area (Å²) < 4.78 is 5.80. The molecule has 1 aliphatic rings. The summed E-state index contributed by atoms with van der Waals surface area (Å²) in [6.07, 6.45) is 0. The second-order valence-electron chi connectivity index (χ2n) is 7.96. The molecule has 1 atom stereocenters. The first-order chi connectivity index (χ1) is 13.5. The SMILES string of the molecule is CCNC(=NCC(C(C)C)N1CCN(C)CC1)NCCOc1ccc(C)cc1.I. The van der Waals surface area contributed by atoms with Crippen LogP contribution in [0.15, 0.2) is 29.3 Å². The van der Waals surface area contributed by atoms with Gasteiger partial charge in [0.1, 0.15) is 12.4 Å². The number of likely N-dealkylation sites (N-methyl/N-ethyl adjacent to an activating group) is 1. The number of hydrogen-bond donors (Lipinski definition) is 2. The van der Waals surface area contributed by atoms with Gasteiger partial charge < -0.3 is 20.3 Å². The molecule has 1 saturated heterocycles. The Kier molecular flexibility index (Phi) is 12.6. The van der Waals surface area contributed by atoms with Gasteiger partial charge in [0.25, 0.3) is 0 Å². The van der Waals surface area contributed by atoms with Crippen LogP contribution in [0, 0.1) is 12.8 Å². The maximum Gasteiger partial charge on any atom is 0.191 e. The van der Waals surface area contributed by atoms with E-state index in [-0.39, 0.29) is 24.0 Å². The van der Waals surface area contributed by atoms with Gasteiger partial charge >= 0.3 is 0 Å². The summed E-state index contributed by atoms with van der Waals surface area (Å²) >= 11 is 0. The van der Waals surface area contributed by atoms with Crippen molar-refractivity contribution in [2.45, 2.75) is 33.7 Å². The van der Waals surface area contributed by atoms with E-state index in [4.69, 9.17) is 9.73 Å². The molecule has 1 unspecified atom stereocenters. The Morgan fingerprint density at radius 1 is 1.10 bits per heavy atom. The third-order valence-corrected chi connectivity index (χ3v) is 5.24. The Hall–Kier alpha value is -1.06. The molecule has 2 rings (SSSR count). The highest BCUT2D eigenvalue weighted by Crippen LogP contribution is 2.14. The van der Waals surface area contributed by atoms with Gasteiger partial charge in [-0.25, -0.2) is 0 Å². The highest BCUT2D eigenvalue weighted by molar-refractivity contribution is 14.0. The summed E-state index contributed by atoms with van der Waals surface area (Å²) in [7, 11) is 2.20. The maximum absolute atomic E-state index is 5.80. The van der Waals surface area contributed by atoms with Crippen molar-refractivity contribution in [3.63, 3.8) is 0 Å². The van der Waals surface area contributed by atoms with Crippen molar-refractivity contribution >= 4 is 29.9 Å². The Morgan fingerprint density at radius 2 is 1.76 bits per heavy atom. The highest BCUT2D eigenvalue weighted by Gasteiger charge is 2.24. The molecule has 0 aliphatic carbocycles. The van der Waals surface area contributed by atoms with Crippen molar-refractivity contribution in [1.29, 1.82) is 0 Å². The molecule has 1 aromatic carbocycles. The number of piperazine rings is 1. The molecule has 7 heteroatoms. The third-order valence-electron chi connectivity index (χ3n) is 5.24. The van der Waals surface area contributed by atoms with Crippen LogP contribution in [-0.4, -0.2) is 81.3 Å². The molecule has 1 aromatic rings. The van der Waals surface area contributed by atoms with E-state index in [9.17, 15) is 0 Å². The van der Waals surface area contributed by atoms with E-state index in [1.807, 2.05) is 12.1 Å². The van der Waals surface area contributed by atoms with Crippen LogP contribution >= 0.6 is 24.0 Å². The molecular formula is C22H40IN5O. The lowest BCUT2D eigenvalue weighted by Gasteiger charge is -2.39. The van der Waals surface area contributed by atoms with E-state index in [1.165, 1.54) is 5.56 Å². The van der Waals surface area contributed by atoms with Gasteiger partial charge in [-0.3, -0.25) is 9.89 Å². The predicted molar refractivity (Wildman–Crippen MR) is 134 cm³/mol. The maximum atomic E-state index is 5.80. The van der Waals surface area contributed by atoms with E-state index < -0.39 is 0 Å². The van der Waals surface area contributed by atoms with E-state index in [0.29, 0.717) is 18.6 Å². The minimum absolute atomic E-state index is 0. The van der Waals surface area contributed by atoms with Crippen LogP contribution in [0.2, 0.25) is 0 Å². The van der Waals surface area contributed by atoms with Crippen LogP contribution in [0.5, 0.6) is 5.75 Å². The van der Waals surface area contributed by atoms with Gasteiger partial charge in [-0.15, -0.1) is 24.0 Å². The molecule has 0 amide bonds. The van der Waals surface area contributed by atoms with E-state index in [1.54, 1.807) is 0 Å². The fourth-order valence-corrected chi connectivity index (χ4v) is 3.40. The minimum Gasteiger partial charge on any atom is -0.492 e. The fourth-order valence-electron chi connectivity index (χ4n) is 3.40. The average molecular weight is 518 g/mol. The number of benzene rings is 1. The monoisotopic (exact) mass is 517 g/mol. The van der Waals surface area contributed by atoms with Gasteiger partial charge in [-0.05, 0) is 38.9 Å². The zero-order chi connectivity index (χ0) is 20.4. The molecule has 29 heavy (non-hydrogen) atoms. The summed E-state index contributed by atoms with van der Waals surface area (Å²) in [6.45, 7) is 16.3. The molecule has 1 fully saturated rings. The number of aliphatic imine (C=N–C) groups is 1. The van der Waals surface area contributed by atoms with E-state index in [0.717, 1.165) is 57.5 Å². The van der Waals surface area contributed by atoms with Crippen molar-refractivity contribution in [3.8, 4) is 5.75 Å². The molecule has 0 aromatic heterocycles. The second kappa shape index (κ2) is 14.0. The van der Waals surface area contributed by atoms with Crippen molar-refractivity contribution in [1.82, 2.24) is 20.4 Å². The number of guanidine groups is 1. The van der Waals surface area contributed by atoms with Crippen LogP contribution in [0.1, 0.15) is 26.3 Å². The Bertz CT molecular complexity index is 585. The summed E-state index contributed by atoms with van der Waals surface area (Å²) in [6, 6.07) is 8.64. The number of ether oxygens (including phenoxy) is 1. The van der Waals surface area contributed by atoms with E-state index >= 15 is 0 Å². The van der Waals surface area contributed by atoms with Crippen molar-refractivity contribution < 1.29 is 4.74 Å². The first-order valence-electron chi connectivity index (χ1n) is 10.6. The molecule has 6 nitrogen and oxygen atoms in total. The first kappa shape index (κ1) is 26.0. The molecule has 0 bridgehead atoms. The van der Waals surface area contributed by atoms with Crippen LogP contribution < -0.4 is 15.4 Å². The summed E-state index contributed by atoms with van der Waals surface area (Å²) in [5.74, 6) is 2.36. The molecule has 1 aliphatic heterocycles. The summed E-state index contributed by atoms with van der Waals surface area (Å²) in [5.41, 5.74) is 1.24. The van der Waals surface area contributed by atoms with Gasteiger partial charge in [0.05, 0.1) is 13.1 Å². The number of aryl methyl sites for hydroxylation is 1. The number of halogens is 1. The van der Waals surface area contributed by atoms with Gasteiger partial charge in [0.15, 0.2) is 5.96 Å². The topological polar surface area (TPSA) is 52.1 Å². The Labute approximate surface area is 194 Å². The Balaban J connectivity index is 0.00000420. The lowest BCUT2D eigenvalue weighted by Crippen LogP contribution is -2.52. The standard InChI is InChI=1S/C22H39N5O.HI/c1-6-23-22(24-11-16-28-20-9-7-19(4)8-10-20)25-17-21(18(2)3)27-14-12-26(5)13-15-27;/h7-10,18,21H,6,11-17H2,1-5H3,(H2,23,24,25);1H. The summed E-state index contributed by atoms with van der Waals surface area (Å²) in [4.78, 5) is 9.86. The third kappa shape index (κ3) is 9.53. The quantitative estimate of drug-likeness (QED) is 0.229. The second-order valence-corrected chi connectivity index (χ2v) is 7.96. The zero-order valence-electron chi connectivity index (χ0n) is 18.8. The van der Waals surface area contributed by atoms with Crippen LogP contribution in [0.4, 0.5) is 0 Å². The minimum atomic E-state index is 0. The lowest BCUT2D eigenvalue weighted by atomic mass is 10.0. The largest absolute Gasteiger partial charge is 0.492 e. The molecular weight excluding hydrogens is 477 g/mol. The van der Waals surface area contributed by atoms with Crippen LogP contribution in [0.3, 0.4) is 0 Å². The van der Waals surface area contributed by atoms with Crippen molar-refractivity contribution in [2.24, 2.45) is 10.9 Å². The summed E-state index contributed by atoms with van der Waals surface area (Å²) in [5, 5.41) is 6.74. The molecule has 0 saturated carbocycles. The highest BCUT2D eigenvalue weighted by atomic mass is 127. The van der Waals surface area contributed by atoms with Crippen LogP contribution in [0.25, 0.3) is 0 Å². The number of rotatable bonds is 9.